The highest BCUT2D eigenvalue weighted by atomic mass is 32.2. The van der Waals surface area contributed by atoms with Crippen LogP contribution >= 0.6 is 11.8 Å². The third kappa shape index (κ3) is 1.18. The minimum atomic E-state index is 0.183. The summed E-state index contributed by atoms with van der Waals surface area (Å²) in [5.41, 5.74) is 0. The molecule has 4 heteroatoms. The van der Waals surface area contributed by atoms with E-state index in [1.165, 1.54) is 6.42 Å². The van der Waals surface area contributed by atoms with Crippen molar-refractivity contribution in [3.05, 3.63) is 0 Å². The molecule has 0 N–H and O–H groups in total. The summed E-state index contributed by atoms with van der Waals surface area (Å²) in [4.78, 5) is 15.3. The molecule has 2 atom stereocenters. The van der Waals surface area contributed by atoms with Gasteiger partial charge in [0.25, 0.3) is 0 Å². The molecule has 2 saturated heterocycles. The molecular weight excluding hydrogens is 172 g/mol. The van der Waals surface area contributed by atoms with E-state index in [1.54, 1.807) is 4.90 Å². The summed E-state index contributed by atoms with van der Waals surface area (Å²) in [5.74, 6) is 1.14. The summed E-state index contributed by atoms with van der Waals surface area (Å²) < 4.78 is 0. The summed E-state index contributed by atoms with van der Waals surface area (Å²) in [6, 6.07) is 0.706. The third-order valence-electron chi connectivity index (χ3n) is 2.53. The van der Waals surface area contributed by atoms with Crippen molar-refractivity contribution in [1.29, 1.82) is 0 Å². The van der Waals surface area contributed by atoms with E-state index in [1.807, 2.05) is 30.8 Å². The van der Waals surface area contributed by atoms with Crippen LogP contribution in [-0.2, 0) is 0 Å². The van der Waals surface area contributed by atoms with E-state index in [-0.39, 0.29) is 6.03 Å². The second kappa shape index (κ2) is 2.83. The number of carbonyl (C=O) groups excluding carboxylic acids is 1. The molecule has 2 unspecified atom stereocenters. The number of rotatable bonds is 0. The average Bonchev–Trinajstić information content (AvgIpc) is 2.62. The fourth-order valence-electron chi connectivity index (χ4n) is 1.89. The van der Waals surface area contributed by atoms with E-state index in [0.29, 0.717) is 6.04 Å². The van der Waals surface area contributed by atoms with Gasteiger partial charge in [-0.05, 0) is 6.42 Å². The number of thioether (sulfide) groups is 1. The lowest BCUT2D eigenvalue weighted by Crippen LogP contribution is -2.44. The highest BCUT2D eigenvalue weighted by molar-refractivity contribution is 8.00. The Bertz CT molecular complexity index is 207. The monoisotopic (exact) mass is 186 g/mol. The van der Waals surface area contributed by atoms with Gasteiger partial charge in [-0.1, -0.05) is 0 Å². The molecule has 0 aromatic rings. The van der Waals surface area contributed by atoms with Crippen LogP contribution in [0.1, 0.15) is 6.42 Å². The fraction of sp³-hybridized carbons (Fsp3) is 0.875. The van der Waals surface area contributed by atoms with E-state index in [0.717, 1.165) is 17.5 Å². The van der Waals surface area contributed by atoms with Gasteiger partial charge in [0.1, 0.15) is 0 Å². The Morgan fingerprint density at radius 3 is 2.75 bits per heavy atom. The van der Waals surface area contributed by atoms with Crippen LogP contribution in [-0.4, -0.2) is 53.5 Å². The number of hydrogen-bond acceptors (Lipinski definition) is 2. The van der Waals surface area contributed by atoms with E-state index in [2.05, 4.69) is 0 Å². The van der Waals surface area contributed by atoms with E-state index in [9.17, 15) is 4.79 Å². The first-order valence-electron chi connectivity index (χ1n) is 4.28. The molecule has 0 radical (unpaired) electrons. The normalized spacial score (nSPS) is 32.7. The quantitative estimate of drug-likeness (QED) is 0.560. The molecule has 0 aliphatic carbocycles. The van der Waals surface area contributed by atoms with Crippen LogP contribution in [0.15, 0.2) is 0 Å². The minimum absolute atomic E-state index is 0.183. The smallest absolute Gasteiger partial charge is 0.319 e. The number of urea groups is 1. The molecule has 68 valence electrons. The summed E-state index contributed by atoms with van der Waals surface area (Å²) >= 11 is 2.01. The van der Waals surface area contributed by atoms with Crippen molar-refractivity contribution in [1.82, 2.24) is 9.80 Å². The average molecular weight is 186 g/mol. The molecule has 2 aliphatic rings. The Morgan fingerprint density at radius 2 is 2.33 bits per heavy atom. The van der Waals surface area contributed by atoms with Crippen LogP contribution in [0, 0.1) is 0 Å². The van der Waals surface area contributed by atoms with Crippen molar-refractivity contribution in [2.24, 2.45) is 0 Å². The number of amides is 2. The predicted octanol–water partition coefficient (Wildman–Crippen LogP) is 0.858. The van der Waals surface area contributed by atoms with Crippen molar-refractivity contribution in [2.75, 3.05) is 26.4 Å². The largest absolute Gasteiger partial charge is 0.331 e. The van der Waals surface area contributed by atoms with Crippen molar-refractivity contribution in [3.8, 4) is 0 Å². The maximum absolute atomic E-state index is 11.6. The number of carbonyl (C=O) groups is 1. The molecule has 2 aliphatic heterocycles. The Kier molecular flexibility index (Phi) is 1.94. The van der Waals surface area contributed by atoms with Gasteiger partial charge in [-0.2, -0.15) is 11.8 Å². The van der Waals surface area contributed by atoms with Crippen LogP contribution in [0.25, 0.3) is 0 Å². The summed E-state index contributed by atoms with van der Waals surface area (Å²) in [6.07, 6.45) is 1.21. The molecule has 2 fully saturated rings. The van der Waals surface area contributed by atoms with E-state index >= 15 is 0 Å². The summed E-state index contributed by atoms with van der Waals surface area (Å²) in [5, 5.41) is 0.721. The predicted molar refractivity (Wildman–Crippen MR) is 50.4 cm³/mol. The van der Waals surface area contributed by atoms with Gasteiger partial charge in [0, 0.05) is 37.7 Å². The molecule has 0 aromatic heterocycles. The van der Waals surface area contributed by atoms with Gasteiger partial charge >= 0.3 is 6.03 Å². The van der Waals surface area contributed by atoms with Gasteiger partial charge < -0.3 is 9.80 Å². The highest BCUT2D eigenvalue weighted by Gasteiger charge is 2.41. The molecule has 3 nitrogen and oxygen atoms in total. The first-order chi connectivity index (χ1) is 5.68. The standard InChI is InChI=1S/C8H14N2OS/c1-9(2)8(11)10-4-7-3-6(10)5-12-7/h6-7H,3-5H2,1-2H3. The van der Waals surface area contributed by atoms with Gasteiger partial charge in [0.05, 0.1) is 0 Å². The van der Waals surface area contributed by atoms with Crippen molar-refractivity contribution in [2.45, 2.75) is 17.7 Å². The second-order valence-electron chi connectivity index (χ2n) is 3.67. The zero-order valence-corrected chi connectivity index (χ0v) is 8.30. The van der Waals surface area contributed by atoms with Crippen LogP contribution in [0.2, 0.25) is 0 Å². The Hall–Kier alpha value is -0.380. The topological polar surface area (TPSA) is 23.6 Å². The second-order valence-corrected chi connectivity index (χ2v) is 5.01. The SMILES string of the molecule is CN(C)C(=O)N1CC2CC1CS2. The van der Waals surface area contributed by atoms with Gasteiger partial charge in [-0.3, -0.25) is 0 Å². The van der Waals surface area contributed by atoms with Gasteiger partial charge in [0.2, 0.25) is 0 Å². The van der Waals surface area contributed by atoms with Gasteiger partial charge in [-0.15, -0.1) is 0 Å². The maximum Gasteiger partial charge on any atom is 0.319 e. The van der Waals surface area contributed by atoms with E-state index in [4.69, 9.17) is 0 Å². The number of hydrogen-bond donors (Lipinski definition) is 0. The lowest BCUT2D eigenvalue weighted by molar-refractivity contribution is 0.169. The molecule has 2 amide bonds. The first-order valence-corrected chi connectivity index (χ1v) is 5.33. The summed E-state index contributed by atoms with van der Waals surface area (Å²) in [6.45, 7) is 0.965. The molecule has 2 rings (SSSR count). The van der Waals surface area contributed by atoms with Crippen molar-refractivity contribution in [3.63, 3.8) is 0 Å². The zero-order valence-electron chi connectivity index (χ0n) is 7.49. The van der Waals surface area contributed by atoms with E-state index < -0.39 is 0 Å². The van der Waals surface area contributed by atoms with Crippen LogP contribution < -0.4 is 0 Å². The minimum Gasteiger partial charge on any atom is -0.331 e. The van der Waals surface area contributed by atoms with Crippen LogP contribution in [0.5, 0.6) is 0 Å². The number of likely N-dealkylation sites (tertiary alicyclic amines) is 1. The number of nitrogens with zero attached hydrogens (tertiary/aromatic N) is 2. The summed E-state index contributed by atoms with van der Waals surface area (Å²) in [7, 11) is 3.64. The lowest BCUT2D eigenvalue weighted by atomic mass is 10.2. The van der Waals surface area contributed by atoms with Gasteiger partial charge in [-0.25, -0.2) is 4.79 Å². The Balaban J connectivity index is 2.02. The van der Waals surface area contributed by atoms with Crippen LogP contribution in [0.3, 0.4) is 0 Å². The van der Waals surface area contributed by atoms with Crippen molar-refractivity contribution < 1.29 is 4.79 Å². The fourth-order valence-corrected chi connectivity index (χ4v) is 3.33. The number of fused-ring (bicyclic) bond motifs is 2. The molecular formula is C8H14N2OS. The molecule has 0 spiro atoms. The molecule has 2 bridgehead atoms. The molecule has 12 heavy (non-hydrogen) atoms. The Morgan fingerprint density at radius 1 is 1.58 bits per heavy atom. The maximum atomic E-state index is 11.6. The zero-order chi connectivity index (χ0) is 8.72. The van der Waals surface area contributed by atoms with Crippen LogP contribution in [0.4, 0.5) is 4.79 Å². The molecule has 0 aromatic carbocycles. The highest BCUT2D eigenvalue weighted by Crippen LogP contribution is 2.37. The lowest BCUT2D eigenvalue weighted by Gasteiger charge is -2.29. The first kappa shape index (κ1) is 8.23. The van der Waals surface area contributed by atoms with Gasteiger partial charge in [0.15, 0.2) is 0 Å². The van der Waals surface area contributed by atoms with Crippen molar-refractivity contribution >= 4 is 17.8 Å². The molecule has 2 heterocycles. The Labute approximate surface area is 77.1 Å². The third-order valence-corrected chi connectivity index (χ3v) is 3.92. The molecule has 0 saturated carbocycles.